The first-order valence-corrected chi connectivity index (χ1v) is 14.3. The molecule has 206 valence electrons. The summed E-state index contributed by atoms with van der Waals surface area (Å²) in [4.78, 5) is 20.8. The second-order valence-electron chi connectivity index (χ2n) is 9.69. The van der Waals surface area contributed by atoms with E-state index in [4.69, 9.17) is 35.9 Å². The fourth-order valence-electron chi connectivity index (χ4n) is 4.31. The summed E-state index contributed by atoms with van der Waals surface area (Å²) in [6.45, 7) is 8.81. The molecule has 2 aromatic heterocycles. The molecule has 1 saturated heterocycles. The Bertz CT molecular complexity index is 1320. The molecular weight excluding hydrogens is 533 g/mol. The molecule has 3 heterocycles. The first kappa shape index (κ1) is 28.3. The summed E-state index contributed by atoms with van der Waals surface area (Å²) in [7, 11) is -4.08. The average molecular weight is 566 g/mol. The van der Waals surface area contributed by atoms with Crippen LogP contribution in [0, 0.1) is 5.92 Å². The quantitative estimate of drug-likeness (QED) is 0.251. The summed E-state index contributed by atoms with van der Waals surface area (Å²) in [5.41, 5.74) is 6.66. The summed E-state index contributed by atoms with van der Waals surface area (Å²) in [6, 6.07) is 7.23. The van der Waals surface area contributed by atoms with Gasteiger partial charge in [0.15, 0.2) is 0 Å². The number of carbonyl (C=O) groups is 1. The second-order valence-corrected chi connectivity index (χ2v) is 11.8. The summed E-state index contributed by atoms with van der Waals surface area (Å²) in [6.07, 6.45) is 2.14. The molecule has 1 aliphatic rings. The molecule has 1 fully saturated rings. The van der Waals surface area contributed by atoms with E-state index in [1.165, 1.54) is 13.3 Å². The predicted molar refractivity (Wildman–Crippen MR) is 144 cm³/mol. The van der Waals surface area contributed by atoms with Crippen LogP contribution in [-0.4, -0.2) is 44.9 Å². The van der Waals surface area contributed by atoms with Crippen molar-refractivity contribution < 1.29 is 27.9 Å². The number of ether oxygens (including phenoxy) is 2. The number of hydrogen-bond acceptors (Lipinski definition) is 9. The zero-order chi connectivity index (χ0) is 27.6. The van der Waals surface area contributed by atoms with Crippen molar-refractivity contribution in [3.63, 3.8) is 0 Å². The molecule has 4 rings (SSSR count). The maximum atomic E-state index is 14.0. The zero-order valence-corrected chi connectivity index (χ0v) is 23.6. The highest BCUT2D eigenvalue weighted by Gasteiger charge is 2.42. The molecule has 0 spiro atoms. The second kappa shape index (κ2) is 11.6. The van der Waals surface area contributed by atoms with Crippen LogP contribution >= 0.6 is 19.3 Å². The van der Waals surface area contributed by atoms with E-state index in [1.807, 2.05) is 16.8 Å². The first-order chi connectivity index (χ1) is 18.0. The zero-order valence-electron chi connectivity index (χ0n) is 21.9. The number of fused-ring (bicyclic) bond motifs is 1. The van der Waals surface area contributed by atoms with Crippen molar-refractivity contribution in [2.24, 2.45) is 5.92 Å². The number of aromatic nitrogens is 3. The lowest BCUT2D eigenvalue weighted by Gasteiger charge is -2.28. The van der Waals surface area contributed by atoms with Gasteiger partial charge in [-0.3, -0.25) is 9.32 Å². The fourth-order valence-corrected chi connectivity index (χ4v) is 6.15. The Morgan fingerprint density at radius 1 is 1.21 bits per heavy atom. The maximum absolute atomic E-state index is 14.0. The maximum Gasteiger partial charge on any atom is 0.459 e. The SMILES string of the molecule is CC(C)OC(=O)[C@H](C)NP(=O)(Oc1ccc(Cl)cc1)OC(C)[C@@H]1C[C@H](C)[C@H](n2ccc3c(N)ncnc32)O1. The third kappa shape index (κ3) is 6.47. The normalized spacial score (nSPS) is 22.8. The van der Waals surface area contributed by atoms with Crippen molar-refractivity contribution in [1.82, 2.24) is 19.6 Å². The Hall–Kier alpha value is -2.69. The summed E-state index contributed by atoms with van der Waals surface area (Å²) in [5.74, 6) is 0.158. The summed E-state index contributed by atoms with van der Waals surface area (Å²) in [5, 5.41) is 3.94. The van der Waals surface area contributed by atoms with Gasteiger partial charge in [-0.15, -0.1) is 0 Å². The number of nitrogen functional groups attached to an aromatic ring is 1. The Kier molecular flexibility index (Phi) is 8.64. The monoisotopic (exact) mass is 565 g/mol. The third-order valence-electron chi connectivity index (χ3n) is 6.14. The van der Waals surface area contributed by atoms with Gasteiger partial charge < -0.3 is 24.3 Å². The minimum absolute atomic E-state index is 0.0855. The van der Waals surface area contributed by atoms with Gasteiger partial charge in [0.2, 0.25) is 0 Å². The highest BCUT2D eigenvalue weighted by molar-refractivity contribution is 7.52. The number of halogens is 1. The van der Waals surface area contributed by atoms with Crippen molar-refractivity contribution in [3.8, 4) is 5.75 Å². The van der Waals surface area contributed by atoms with Crippen LogP contribution in [-0.2, 0) is 23.4 Å². The molecule has 0 amide bonds. The first-order valence-electron chi connectivity index (χ1n) is 12.4. The number of anilines is 1. The third-order valence-corrected chi connectivity index (χ3v) is 8.16. The number of nitrogens with two attached hydrogens (primary N) is 1. The molecule has 0 bridgehead atoms. The Morgan fingerprint density at radius 3 is 2.61 bits per heavy atom. The van der Waals surface area contributed by atoms with E-state index < -0.39 is 32.0 Å². The number of nitrogens with one attached hydrogen (secondary N) is 1. The molecule has 1 aromatic carbocycles. The smallest absolute Gasteiger partial charge is 0.459 e. The van der Waals surface area contributed by atoms with Crippen LogP contribution in [0.25, 0.3) is 11.0 Å². The lowest BCUT2D eigenvalue weighted by atomic mass is 10.0. The molecule has 1 aliphatic heterocycles. The van der Waals surface area contributed by atoms with Gasteiger partial charge in [0, 0.05) is 17.1 Å². The molecule has 3 N–H and O–H groups in total. The van der Waals surface area contributed by atoms with Crippen LogP contribution in [0.1, 0.15) is 47.3 Å². The average Bonchev–Trinajstić information content (AvgIpc) is 3.44. The van der Waals surface area contributed by atoms with Gasteiger partial charge in [-0.2, -0.15) is 5.09 Å². The molecule has 3 aromatic rings. The van der Waals surface area contributed by atoms with Crippen molar-refractivity contribution >= 4 is 42.2 Å². The standard InChI is InChI=1S/C25H33ClN5O6P/c1-14(2)34-25(32)16(4)30-38(33,37-19-8-6-18(26)7-9-19)36-17(5)21-12-15(3)24(35-21)31-11-10-20-22(27)28-13-29-23(20)31/h6-11,13-17,21,24H,12H2,1-5H3,(H,30,33)(H2,27,28,29)/t15-,16-,17?,21-,24+,38?/m0/s1. The summed E-state index contributed by atoms with van der Waals surface area (Å²) >= 11 is 5.98. The van der Waals surface area contributed by atoms with Crippen molar-refractivity contribution in [1.29, 1.82) is 0 Å². The lowest BCUT2D eigenvalue weighted by molar-refractivity contribution is -0.149. The van der Waals surface area contributed by atoms with Crippen LogP contribution in [0.15, 0.2) is 42.9 Å². The van der Waals surface area contributed by atoms with Gasteiger partial charge in [0.25, 0.3) is 0 Å². The minimum Gasteiger partial charge on any atom is -0.462 e. The van der Waals surface area contributed by atoms with Crippen LogP contribution in [0.5, 0.6) is 5.75 Å². The van der Waals surface area contributed by atoms with E-state index in [2.05, 4.69) is 22.0 Å². The van der Waals surface area contributed by atoms with Crippen molar-refractivity contribution in [2.75, 3.05) is 5.73 Å². The molecule has 11 nitrogen and oxygen atoms in total. The van der Waals surface area contributed by atoms with Gasteiger partial charge >= 0.3 is 13.7 Å². The van der Waals surface area contributed by atoms with E-state index in [0.29, 0.717) is 22.9 Å². The van der Waals surface area contributed by atoms with Gasteiger partial charge in [-0.1, -0.05) is 18.5 Å². The fraction of sp³-hybridized carbons (Fsp3) is 0.480. The van der Waals surface area contributed by atoms with Gasteiger partial charge in [-0.05, 0) is 64.4 Å². The number of nitrogens with zero attached hydrogens (tertiary/aromatic N) is 3. The Labute approximate surface area is 226 Å². The van der Waals surface area contributed by atoms with Gasteiger partial charge in [0.05, 0.1) is 23.7 Å². The molecule has 6 atom stereocenters. The lowest BCUT2D eigenvalue weighted by Crippen LogP contribution is -2.38. The minimum atomic E-state index is -4.08. The molecular formula is C25H33ClN5O6P. The molecule has 38 heavy (non-hydrogen) atoms. The molecule has 13 heteroatoms. The van der Waals surface area contributed by atoms with E-state index >= 15 is 0 Å². The Balaban J connectivity index is 1.52. The van der Waals surface area contributed by atoms with Crippen LogP contribution in [0.3, 0.4) is 0 Å². The number of hydrogen-bond donors (Lipinski definition) is 2. The predicted octanol–water partition coefficient (Wildman–Crippen LogP) is 5.11. The van der Waals surface area contributed by atoms with Crippen LogP contribution < -0.4 is 15.3 Å². The van der Waals surface area contributed by atoms with Crippen molar-refractivity contribution in [2.45, 2.75) is 71.6 Å². The molecule has 0 radical (unpaired) electrons. The van der Waals surface area contributed by atoms with E-state index in [1.54, 1.807) is 45.0 Å². The van der Waals surface area contributed by atoms with E-state index in [0.717, 1.165) is 5.39 Å². The van der Waals surface area contributed by atoms with E-state index in [9.17, 15) is 9.36 Å². The number of carbonyl (C=O) groups excluding carboxylic acids is 1. The van der Waals surface area contributed by atoms with E-state index in [-0.39, 0.29) is 24.0 Å². The largest absolute Gasteiger partial charge is 0.462 e. The topological polar surface area (TPSA) is 140 Å². The number of esters is 1. The highest BCUT2D eigenvalue weighted by atomic mass is 35.5. The Morgan fingerprint density at radius 2 is 1.92 bits per heavy atom. The van der Waals surface area contributed by atoms with Crippen LogP contribution in [0.4, 0.5) is 5.82 Å². The van der Waals surface area contributed by atoms with Gasteiger partial charge in [-0.25, -0.2) is 14.5 Å². The van der Waals surface area contributed by atoms with Crippen LogP contribution in [0.2, 0.25) is 5.02 Å². The molecule has 0 saturated carbocycles. The molecule has 0 aliphatic carbocycles. The van der Waals surface area contributed by atoms with Gasteiger partial charge in [0.1, 0.15) is 35.8 Å². The highest BCUT2D eigenvalue weighted by Crippen LogP contribution is 2.48. The molecule has 2 unspecified atom stereocenters. The number of benzene rings is 1. The number of rotatable bonds is 10. The van der Waals surface area contributed by atoms with Crippen molar-refractivity contribution in [3.05, 3.63) is 47.9 Å². The summed E-state index contributed by atoms with van der Waals surface area (Å²) < 4.78 is 39.3.